The lowest BCUT2D eigenvalue weighted by Gasteiger charge is -2.58. The number of carbonyl (C=O) groups is 1. The summed E-state index contributed by atoms with van der Waals surface area (Å²) in [5.74, 6) is 0.163. The average Bonchev–Trinajstić information content (AvgIpc) is 2.90. The molecule has 1 heterocycles. The van der Waals surface area contributed by atoms with Gasteiger partial charge in [-0.1, -0.05) is 33.1 Å². The minimum atomic E-state index is -0.743. The number of hydrogen-bond donors (Lipinski definition) is 1. The monoisotopic (exact) mass is 344 g/mol. The number of ether oxygens (including phenoxy) is 1. The molecule has 1 aliphatic heterocycles. The quantitative estimate of drug-likeness (QED) is 0.855. The molecular weight excluding hydrogens is 312 g/mol. The molecule has 0 aromatic heterocycles. The highest BCUT2D eigenvalue weighted by atomic mass is 35.5. The standard InChI is InChI=1S/C18H32N2O2.ClH/c1-4-22-14-12-18(19,16(14,2)3)15(21)20-11-10-17(13-20)8-6-5-7-9-17;/h14H,4-13,19H2,1-3H3;1H. The summed E-state index contributed by atoms with van der Waals surface area (Å²) in [5.41, 5.74) is 5.95. The number of nitrogens with two attached hydrogens (primary N) is 1. The number of nitrogens with zero attached hydrogens (tertiary/aromatic N) is 1. The molecule has 134 valence electrons. The van der Waals surface area contributed by atoms with Crippen LogP contribution in [0.3, 0.4) is 0 Å². The molecule has 4 nitrogen and oxygen atoms in total. The number of halogens is 1. The number of amides is 1. The lowest BCUT2D eigenvalue weighted by molar-refractivity contribution is -0.178. The molecule has 1 amide bonds. The van der Waals surface area contributed by atoms with Crippen LogP contribution in [-0.2, 0) is 9.53 Å². The second-order valence-corrected chi connectivity index (χ2v) is 8.38. The third kappa shape index (κ3) is 2.91. The van der Waals surface area contributed by atoms with Crippen LogP contribution in [0.4, 0.5) is 0 Å². The fourth-order valence-corrected chi connectivity index (χ4v) is 4.90. The van der Waals surface area contributed by atoms with Gasteiger partial charge in [0.15, 0.2) is 0 Å². The van der Waals surface area contributed by atoms with Crippen LogP contribution < -0.4 is 5.73 Å². The van der Waals surface area contributed by atoms with Gasteiger partial charge >= 0.3 is 0 Å². The lowest BCUT2D eigenvalue weighted by atomic mass is 9.54. The molecular formula is C18H33ClN2O2. The van der Waals surface area contributed by atoms with Gasteiger partial charge < -0.3 is 15.4 Å². The summed E-state index contributed by atoms with van der Waals surface area (Å²) in [6.45, 7) is 8.68. The van der Waals surface area contributed by atoms with Crippen LogP contribution in [0.1, 0.15) is 65.7 Å². The van der Waals surface area contributed by atoms with Crippen LogP contribution in [0.2, 0.25) is 0 Å². The summed E-state index contributed by atoms with van der Waals surface area (Å²) in [4.78, 5) is 15.2. The van der Waals surface area contributed by atoms with Crippen LogP contribution >= 0.6 is 12.4 Å². The van der Waals surface area contributed by atoms with Gasteiger partial charge in [-0.15, -0.1) is 12.4 Å². The molecule has 2 unspecified atom stereocenters. The first-order valence-electron chi connectivity index (χ1n) is 9.05. The van der Waals surface area contributed by atoms with Gasteiger partial charge in [0.05, 0.1) is 6.10 Å². The lowest BCUT2D eigenvalue weighted by Crippen LogP contribution is -2.76. The first-order valence-corrected chi connectivity index (χ1v) is 9.05. The van der Waals surface area contributed by atoms with Gasteiger partial charge in [0.2, 0.25) is 5.91 Å². The highest BCUT2D eigenvalue weighted by Crippen LogP contribution is 2.52. The molecule has 5 heteroatoms. The smallest absolute Gasteiger partial charge is 0.243 e. The van der Waals surface area contributed by atoms with E-state index in [4.69, 9.17) is 10.5 Å². The molecule has 3 fully saturated rings. The molecule has 23 heavy (non-hydrogen) atoms. The molecule has 2 atom stereocenters. The van der Waals surface area contributed by atoms with E-state index in [1.54, 1.807) is 0 Å². The second-order valence-electron chi connectivity index (χ2n) is 8.38. The largest absolute Gasteiger partial charge is 0.378 e. The van der Waals surface area contributed by atoms with Gasteiger partial charge in [-0.25, -0.2) is 0 Å². The van der Waals surface area contributed by atoms with Gasteiger partial charge in [-0.05, 0) is 31.6 Å². The highest BCUT2D eigenvalue weighted by molar-refractivity contribution is 5.89. The van der Waals surface area contributed by atoms with Crippen LogP contribution in [0.15, 0.2) is 0 Å². The third-order valence-electron chi connectivity index (χ3n) is 6.85. The van der Waals surface area contributed by atoms with E-state index in [-0.39, 0.29) is 29.8 Å². The van der Waals surface area contributed by atoms with Gasteiger partial charge in [0, 0.05) is 31.5 Å². The Hall–Kier alpha value is -0.320. The van der Waals surface area contributed by atoms with Crippen LogP contribution in [-0.4, -0.2) is 42.1 Å². The van der Waals surface area contributed by atoms with Crippen molar-refractivity contribution in [2.45, 2.75) is 77.4 Å². The Labute approximate surface area is 146 Å². The summed E-state index contributed by atoms with van der Waals surface area (Å²) < 4.78 is 5.76. The summed E-state index contributed by atoms with van der Waals surface area (Å²) in [6, 6.07) is 0. The molecule has 0 aromatic rings. The molecule has 0 bridgehead atoms. The van der Waals surface area contributed by atoms with Crippen molar-refractivity contribution in [3.8, 4) is 0 Å². The summed E-state index contributed by atoms with van der Waals surface area (Å²) in [7, 11) is 0. The molecule has 3 aliphatic rings. The number of hydrogen-bond acceptors (Lipinski definition) is 3. The van der Waals surface area contributed by atoms with Crippen molar-refractivity contribution >= 4 is 18.3 Å². The Kier molecular flexibility index (Phi) is 5.40. The number of carbonyl (C=O) groups excluding carboxylic acids is 1. The zero-order valence-electron chi connectivity index (χ0n) is 14.9. The number of likely N-dealkylation sites (tertiary alicyclic amines) is 1. The van der Waals surface area contributed by atoms with Crippen molar-refractivity contribution < 1.29 is 9.53 Å². The molecule has 0 radical (unpaired) electrons. The van der Waals surface area contributed by atoms with Crippen LogP contribution in [0.5, 0.6) is 0 Å². The minimum Gasteiger partial charge on any atom is -0.378 e. The zero-order valence-corrected chi connectivity index (χ0v) is 15.7. The van der Waals surface area contributed by atoms with Gasteiger partial charge in [0.25, 0.3) is 0 Å². The summed E-state index contributed by atoms with van der Waals surface area (Å²) in [5, 5.41) is 0. The molecule has 1 spiro atoms. The van der Waals surface area contributed by atoms with Gasteiger partial charge in [0.1, 0.15) is 5.54 Å². The van der Waals surface area contributed by atoms with Crippen molar-refractivity contribution in [3.05, 3.63) is 0 Å². The van der Waals surface area contributed by atoms with E-state index in [0.717, 1.165) is 13.1 Å². The van der Waals surface area contributed by atoms with E-state index < -0.39 is 5.54 Å². The van der Waals surface area contributed by atoms with E-state index >= 15 is 0 Å². The normalized spacial score (nSPS) is 34.8. The molecule has 2 N–H and O–H groups in total. The Balaban J connectivity index is 0.00000192. The maximum atomic E-state index is 13.1. The molecule has 0 aromatic carbocycles. The van der Waals surface area contributed by atoms with Crippen LogP contribution in [0, 0.1) is 10.8 Å². The maximum absolute atomic E-state index is 13.1. The predicted molar refractivity (Wildman–Crippen MR) is 94.7 cm³/mol. The SMILES string of the molecule is CCOC1CC(N)(C(=O)N2CCC3(CCCCC3)C2)C1(C)C.Cl. The molecule has 2 aliphatic carbocycles. The van der Waals surface area contributed by atoms with Crippen molar-refractivity contribution in [3.63, 3.8) is 0 Å². The Bertz CT molecular complexity index is 448. The van der Waals surface area contributed by atoms with E-state index in [0.29, 0.717) is 18.4 Å². The van der Waals surface area contributed by atoms with Gasteiger partial charge in [-0.3, -0.25) is 4.79 Å². The molecule has 1 saturated heterocycles. The van der Waals surface area contributed by atoms with E-state index in [2.05, 4.69) is 18.7 Å². The highest BCUT2D eigenvalue weighted by Gasteiger charge is 2.64. The Morgan fingerprint density at radius 3 is 2.43 bits per heavy atom. The van der Waals surface area contributed by atoms with Crippen molar-refractivity contribution in [1.29, 1.82) is 0 Å². The summed E-state index contributed by atoms with van der Waals surface area (Å²) >= 11 is 0. The van der Waals surface area contributed by atoms with E-state index in [9.17, 15) is 4.79 Å². The van der Waals surface area contributed by atoms with E-state index in [1.807, 2.05) is 6.92 Å². The van der Waals surface area contributed by atoms with Gasteiger partial charge in [-0.2, -0.15) is 0 Å². The van der Waals surface area contributed by atoms with E-state index in [1.165, 1.54) is 38.5 Å². The second kappa shape index (κ2) is 6.53. The van der Waals surface area contributed by atoms with Crippen molar-refractivity contribution in [2.24, 2.45) is 16.6 Å². The first-order chi connectivity index (χ1) is 10.3. The summed E-state index contributed by atoms with van der Waals surface area (Å²) in [6.07, 6.45) is 8.54. The maximum Gasteiger partial charge on any atom is 0.243 e. The molecule has 3 rings (SSSR count). The minimum absolute atomic E-state index is 0. The predicted octanol–water partition coefficient (Wildman–Crippen LogP) is 3.12. The van der Waals surface area contributed by atoms with Crippen LogP contribution in [0.25, 0.3) is 0 Å². The fourth-order valence-electron chi connectivity index (χ4n) is 4.90. The fraction of sp³-hybridized carbons (Fsp3) is 0.944. The number of rotatable bonds is 3. The Morgan fingerprint density at radius 1 is 1.22 bits per heavy atom. The molecule has 2 saturated carbocycles. The third-order valence-corrected chi connectivity index (χ3v) is 6.85. The Morgan fingerprint density at radius 2 is 1.87 bits per heavy atom. The van der Waals surface area contributed by atoms with Crippen molar-refractivity contribution in [1.82, 2.24) is 4.90 Å². The topological polar surface area (TPSA) is 55.6 Å². The first kappa shape index (κ1) is 19.0. The zero-order chi connectivity index (χ0) is 16.0. The van der Waals surface area contributed by atoms with Crippen molar-refractivity contribution in [2.75, 3.05) is 19.7 Å². The average molecular weight is 345 g/mol.